The Hall–Kier alpha value is -2.70. The van der Waals surface area contributed by atoms with Gasteiger partial charge < -0.3 is 14.6 Å². The first-order valence-electron chi connectivity index (χ1n) is 9.47. The van der Waals surface area contributed by atoms with Crippen molar-refractivity contribution >= 4 is 22.9 Å². The predicted molar refractivity (Wildman–Crippen MR) is 102 cm³/mol. The first-order chi connectivity index (χ1) is 13.0. The van der Waals surface area contributed by atoms with E-state index in [9.17, 15) is 14.4 Å². The van der Waals surface area contributed by atoms with E-state index in [1.165, 1.54) is 6.42 Å². The van der Waals surface area contributed by atoms with Gasteiger partial charge in [-0.1, -0.05) is 19.3 Å². The molecule has 1 aromatic heterocycles. The maximum absolute atomic E-state index is 12.3. The van der Waals surface area contributed by atoms with Crippen molar-refractivity contribution in [1.29, 1.82) is 0 Å². The average molecular weight is 371 g/mol. The maximum atomic E-state index is 12.3. The molecule has 144 valence electrons. The smallest absolute Gasteiger partial charge is 0.338 e. The van der Waals surface area contributed by atoms with E-state index in [-0.39, 0.29) is 24.1 Å². The predicted octanol–water partition coefficient (Wildman–Crippen LogP) is 2.33. The number of carbonyl (C=O) groups excluding carboxylic acids is 2. The fraction of sp³-hybridized carbons (Fsp3) is 0.500. The van der Waals surface area contributed by atoms with Crippen molar-refractivity contribution in [3.63, 3.8) is 0 Å². The highest BCUT2D eigenvalue weighted by Gasteiger charge is 2.17. The molecule has 7 heteroatoms. The number of nitrogens with one attached hydrogen (secondary N) is 1. The molecule has 0 atom stereocenters. The highest BCUT2D eigenvalue weighted by atomic mass is 16.5. The standard InChI is InChI=1S/C20H25N3O4/c1-3-23-17-10-9-14(11-16(17)21-13(2)19(23)25)20(26)27-12-18(24)22-15-7-5-4-6-8-15/h9-11,15H,3-8,12H2,1-2H3,(H,22,24). The van der Waals surface area contributed by atoms with Gasteiger partial charge in [-0.15, -0.1) is 0 Å². The molecule has 1 aromatic carbocycles. The number of ether oxygens (including phenoxy) is 1. The van der Waals surface area contributed by atoms with Crippen molar-refractivity contribution in [3.05, 3.63) is 39.8 Å². The number of carbonyl (C=O) groups is 2. The molecule has 0 unspecified atom stereocenters. The number of hydrogen-bond donors (Lipinski definition) is 1. The van der Waals surface area contributed by atoms with Gasteiger partial charge in [0.25, 0.3) is 11.5 Å². The largest absolute Gasteiger partial charge is 0.452 e. The van der Waals surface area contributed by atoms with Gasteiger partial charge in [0.15, 0.2) is 6.61 Å². The minimum absolute atomic E-state index is 0.139. The van der Waals surface area contributed by atoms with Crippen LogP contribution in [0.4, 0.5) is 0 Å². The Bertz CT molecular complexity index is 913. The van der Waals surface area contributed by atoms with Gasteiger partial charge in [-0.25, -0.2) is 9.78 Å². The topological polar surface area (TPSA) is 90.3 Å². The molecule has 0 bridgehead atoms. The second-order valence-corrected chi connectivity index (χ2v) is 6.93. The Morgan fingerprint density at radius 1 is 1.26 bits per heavy atom. The molecule has 1 heterocycles. The van der Waals surface area contributed by atoms with Gasteiger partial charge in [0.2, 0.25) is 0 Å². The molecular weight excluding hydrogens is 346 g/mol. The van der Waals surface area contributed by atoms with Crippen molar-refractivity contribution in [3.8, 4) is 0 Å². The molecule has 0 saturated heterocycles. The summed E-state index contributed by atoms with van der Waals surface area (Å²) in [5.74, 6) is -0.853. The van der Waals surface area contributed by atoms with E-state index in [0.29, 0.717) is 28.8 Å². The number of amides is 1. The summed E-state index contributed by atoms with van der Waals surface area (Å²) in [6.07, 6.45) is 5.42. The van der Waals surface area contributed by atoms with Crippen molar-refractivity contribution in [1.82, 2.24) is 14.9 Å². The van der Waals surface area contributed by atoms with Crippen LogP contribution in [0.15, 0.2) is 23.0 Å². The molecule has 1 N–H and O–H groups in total. The van der Waals surface area contributed by atoms with Crippen LogP contribution in [0, 0.1) is 6.92 Å². The molecule has 0 radical (unpaired) electrons. The summed E-state index contributed by atoms with van der Waals surface area (Å²) in [4.78, 5) is 40.7. The van der Waals surface area contributed by atoms with E-state index in [1.54, 1.807) is 29.7 Å². The Kier molecular flexibility index (Phi) is 5.88. The Labute approximate surface area is 157 Å². The van der Waals surface area contributed by atoms with Gasteiger partial charge in [-0.3, -0.25) is 9.59 Å². The van der Waals surface area contributed by atoms with Crippen LogP contribution in [0.1, 0.15) is 55.1 Å². The Balaban J connectivity index is 1.67. The maximum Gasteiger partial charge on any atom is 0.338 e. The minimum Gasteiger partial charge on any atom is -0.452 e. The highest BCUT2D eigenvalue weighted by Crippen LogP contribution is 2.17. The molecule has 0 spiro atoms. The summed E-state index contributed by atoms with van der Waals surface area (Å²) in [6.45, 7) is 3.75. The van der Waals surface area contributed by atoms with E-state index in [0.717, 1.165) is 25.7 Å². The molecule has 27 heavy (non-hydrogen) atoms. The lowest BCUT2D eigenvalue weighted by molar-refractivity contribution is -0.125. The molecule has 1 aliphatic rings. The van der Waals surface area contributed by atoms with Crippen LogP contribution in [-0.2, 0) is 16.1 Å². The summed E-state index contributed by atoms with van der Waals surface area (Å²) in [5, 5.41) is 2.92. The molecule has 1 fully saturated rings. The van der Waals surface area contributed by atoms with Crippen LogP contribution in [0.5, 0.6) is 0 Å². The van der Waals surface area contributed by atoms with E-state index in [4.69, 9.17) is 4.74 Å². The van der Waals surface area contributed by atoms with Crippen molar-refractivity contribution in [2.75, 3.05) is 6.61 Å². The van der Waals surface area contributed by atoms with E-state index in [1.807, 2.05) is 6.92 Å². The zero-order chi connectivity index (χ0) is 19.4. The van der Waals surface area contributed by atoms with Crippen molar-refractivity contribution in [2.45, 2.75) is 58.5 Å². The summed E-state index contributed by atoms with van der Waals surface area (Å²) in [7, 11) is 0. The number of esters is 1. The second-order valence-electron chi connectivity index (χ2n) is 6.93. The monoisotopic (exact) mass is 371 g/mol. The van der Waals surface area contributed by atoms with Crippen LogP contribution in [-0.4, -0.2) is 34.1 Å². The van der Waals surface area contributed by atoms with Crippen LogP contribution < -0.4 is 10.9 Å². The van der Waals surface area contributed by atoms with Crippen LogP contribution in [0.2, 0.25) is 0 Å². The molecule has 7 nitrogen and oxygen atoms in total. The molecule has 1 amide bonds. The summed E-state index contributed by atoms with van der Waals surface area (Å²) >= 11 is 0. The zero-order valence-corrected chi connectivity index (χ0v) is 15.8. The van der Waals surface area contributed by atoms with Crippen LogP contribution in [0.25, 0.3) is 11.0 Å². The van der Waals surface area contributed by atoms with Gasteiger partial charge in [-0.05, 0) is 44.9 Å². The number of aryl methyl sites for hydroxylation is 2. The summed E-state index contributed by atoms with van der Waals surface area (Å²) in [5.41, 5.74) is 1.76. The zero-order valence-electron chi connectivity index (χ0n) is 15.8. The number of benzene rings is 1. The molecule has 0 aliphatic heterocycles. The highest BCUT2D eigenvalue weighted by molar-refractivity contribution is 5.94. The third-order valence-corrected chi connectivity index (χ3v) is 4.97. The molecule has 3 rings (SSSR count). The Morgan fingerprint density at radius 2 is 2.00 bits per heavy atom. The third kappa shape index (κ3) is 4.35. The Morgan fingerprint density at radius 3 is 2.70 bits per heavy atom. The van der Waals surface area contributed by atoms with Gasteiger partial charge in [0.05, 0.1) is 16.6 Å². The van der Waals surface area contributed by atoms with Crippen LogP contribution >= 0.6 is 0 Å². The number of nitrogens with zero attached hydrogens (tertiary/aromatic N) is 2. The SMILES string of the molecule is CCn1c(=O)c(C)nc2cc(C(=O)OCC(=O)NC3CCCCC3)ccc21. The normalized spacial score (nSPS) is 14.9. The minimum atomic E-state index is -0.579. The summed E-state index contributed by atoms with van der Waals surface area (Å²) in [6, 6.07) is 5.05. The van der Waals surface area contributed by atoms with Crippen molar-refractivity contribution in [2.24, 2.45) is 0 Å². The van der Waals surface area contributed by atoms with E-state index in [2.05, 4.69) is 10.3 Å². The van der Waals surface area contributed by atoms with Gasteiger partial charge >= 0.3 is 5.97 Å². The van der Waals surface area contributed by atoms with E-state index < -0.39 is 5.97 Å². The van der Waals surface area contributed by atoms with Gasteiger partial charge in [-0.2, -0.15) is 0 Å². The van der Waals surface area contributed by atoms with E-state index >= 15 is 0 Å². The lowest BCUT2D eigenvalue weighted by Gasteiger charge is -2.22. The molecule has 1 saturated carbocycles. The second kappa shape index (κ2) is 8.33. The fourth-order valence-corrected chi connectivity index (χ4v) is 3.55. The molecule has 1 aliphatic carbocycles. The number of hydrogen-bond acceptors (Lipinski definition) is 5. The molecule has 2 aromatic rings. The van der Waals surface area contributed by atoms with Gasteiger partial charge in [0.1, 0.15) is 5.69 Å². The quantitative estimate of drug-likeness (QED) is 0.815. The first-order valence-corrected chi connectivity index (χ1v) is 9.47. The first kappa shape index (κ1) is 19.1. The average Bonchev–Trinajstić information content (AvgIpc) is 2.67. The fourth-order valence-electron chi connectivity index (χ4n) is 3.55. The number of rotatable bonds is 5. The number of fused-ring (bicyclic) bond motifs is 1. The number of aromatic nitrogens is 2. The third-order valence-electron chi connectivity index (χ3n) is 4.97. The van der Waals surface area contributed by atoms with Crippen molar-refractivity contribution < 1.29 is 14.3 Å². The summed E-state index contributed by atoms with van der Waals surface area (Å²) < 4.78 is 6.76. The lowest BCUT2D eigenvalue weighted by atomic mass is 9.95. The molecular formula is C20H25N3O4. The van der Waals surface area contributed by atoms with Crippen LogP contribution in [0.3, 0.4) is 0 Å². The van der Waals surface area contributed by atoms with Gasteiger partial charge in [0, 0.05) is 12.6 Å². The lowest BCUT2D eigenvalue weighted by Crippen LogP contribution is -2.38.